The van der Waals surface area contributed by atoms with Crippen molar-refractivity contribution in [1.29, 1.82) is 0 Å². The van der Waals surface area contributed by atoms with Gasteiger partial charge >= 0.3 is 5.97 Å². The molecule has 0 saturated carbocycles. The number of benzene rings is 2. The first-order chi connectivity index (χ1) is 12.3. The van der Waals surface area contributed by atoms with Crippen molar-refractivity contribution < 1.29 is 19.1 Å². The molecule has 0 fully saturated rings. The molecule has 0 saturated heterocycles. The van der Waals surface area contributed by atoms with Crippen LogP contribution in [0.2, 0.25) is 10.0 Å². The predicted molar refractivity (Wildman–Crippen MR) is 101 cm³/mol. The lowest BCUT2D eigenvalue weighted by atomic mass is 10.1. The maximum absolute atomic E-state index is 12.2. The number of amides is 1. The van der Waals surface area contributed by atoms with Crippen LogP contribution >= 0.6 is 23.2 Å². The summed E-state index contributed by atoms with van der Waals surface area (Å²) in [7, 11) is 1.39. The van der Waals surface area contributed by atoms with Crippen molar-refractivity contribution in [3.05, 3.63) is 57.6 Å². The van der Waals surface area contributed by atoms with Crippen molar-refractivity contribution >= 4 is 40.8 Å². The van der Waals surface area contributed by atoms with Crippen LogP contribution in [0.4, 0.5) is 5.69 Å². The number of halogens is 2. The Morgan fingerprint density at radius 2 is 1.88 bits per heavy atom. The number of carbonyl (C=O) groups is 2. The molecule has 0 bridgehead atoms. The molecule has 0 aliphatic carbocycles. The second-order valence-corrected chi connectivity index (χ2v) is 6.28. The number of rotatable bonds is 6. The fourth-order valence-corrected chi connectivity index (χ4v) is 2.76. The van der Waals surface area contributed by atoms with E-state index in [-0.39, 0.29) is 28.1 Å². The Labute approximate surface area is 161 Å². The zero-order valence-electron chi connectivity index (χ0n) is 14.2. The summed E-state index contributed by atoms with van der Waals surface area (Å²) >= 11 is 12.0. The lowest BCUT2D eigenvalue weighted by molar-refractivity contribution is -0.124. The molecule has 2 aromatic rings. The first-order valence-electron chi connectivity index (χ1n) is 7.67. The van der Waals surface area contributed by atoms with Crippen LogP contribution in [-0.2, 0) is 9.53 Å². The number of nitrogens with one attached hydrogen (secondary N) is 1. The minimum Gasteiger partial charge on any atom is -0.496 e. The Bertz CT molecular complexity index is 827. The molecule has 26 heavy (non-hydrogen) atoms. The molecule has 1 atom stereocenters. The summed E-state index contributed by atoms with van der Waals surface area (Å²) in [5.74, 6) is -1.00. The van der Waals surface area contributed by atoms with E-state index in [1.165, 1.54) is 19.2 Å². The lowest BCUT2D eigenvalue weighted by Crippen LogP contribution is -2.31. The summed E-state index contributed by atoms with van der Waals surface area (Å²) < 4.78 is 10.1. The number of hydrogen-bond donors (Lipinski definition) is 2. The van der Waals surface area contributed by atoms with E-state index < -0.39 is 18.5 Å². The van der Waals surface area contributed by atoms with Crippen LogP contribution in [0.25, 0.3) is 0 Å². The van der Waals surface area contributed by atoms with Crippen molar-refractivity contribution in [3.63, 3.8) is 0 Å². The average Bonchev–Trinajstić information content (AvgIpc) is 2.61. The van der Waals surface area contributed by atoms with Crippen molar-refractivity contribution in [1.82, 2.24) is 5.32 Å². The van der Waals surface area contributed by atoms with E-state index in [1.807, 2.05) is 6.07 Å². The largest absolute Gasteiger partial charge is 0.496 e. The van der Waals surface area contributed by atoms with Crippen molar-refractivity contribution in [2.75, 3.05) is 19.5 Å². The second-order valence-electron chi connectivity index (χ2n) is 5.46. The molecule has 6 nitrogen and oxygen atoms in total. The highest BCUT2D eigenvalue weighted by atomic mass is 35.5. The van der Waals surface area contributed by atoms with Gasteiger partial charge in [-0.1, -0.05) is 41.4 Å². The SMILES string of the molecule is COc1cc(N)c(Cl)cc1C(=O)OCC(=O)N[C@H](C)c1ccccc1Cl. The normalized spacial score (nSPS) is 11.5. The third kappa shape index (κ3) is 4.80. The summed E-state index contributed by atoms with van der Waals surface area (Å²) in [6, 6.07) is 9.57. The maximum Gasteiger partial charge on any atom is 0.342 e. The van der Waals surface area contributed by atoms with Gasteiger partial charge in [0.05, 0.1) is 23.9 Å². The summed E-state index contributed by atoms with van der Waals surface area (Å²) in [4.78, 5) is 24.2. The fraction of sp³-hybridized carbons (Fsp3) is 0.222. The Hall–Kier alpha value is -2.44. The summed E-state index contributed by atoms with van der Waals surface area (Å²) in [5, 5.41) is 3.44. The number of carbonyl (C=O) groups excluding carboxylic acids is 2. The van der Waals surface area contributed by atoms with Crippen LogP contribution in [0.3, 0.4) is 0 Å². The van der Waals surface area contributed by atoms with Gasteiger partial charge in [0.2, 0.25) is 0 Å². The highest BCUT2D eigenvalue weighted by Gasteiger charge is 2.19. The van der Waals surface area contributed by atoms with Gasteiger partial charge in [-0.2, -0.15) is 0 Å². The van der Waals surface area contributed by atoms with Crippen molar-refractivity contribution in [2.45, 2.75) is 13.0 Å². The molecule has 0 heterocycles. The van der Waals surface area contributed by atoms with Crippen LogP contribution in [0.15, 0.2) is 36.4 Å². The molecule has 0 aliphatic rings. The number of hydrogen-bond acceptors (Lipinski definition) is 5. The molecule has 2 aromatic carbocycles. The highest BCUT2D eigenvalue weighted by molar-refractivity contribution is 6.33. The van der Waals surface area contributed by atoms with Gasteiger partial charge < -0.3 is 20.5 Å². The zero-order chi connectivity index (χ0) is 19.3. The van der Waals surface area contributed by atoms with Crippen LogP contribution in [0.5, 0.6) is 5.75 Å². The van der Waals surface area contributed by atoms with E-state index >= 15 is 0 Å². The quantitative estimate of drug-likeness (QED) is 0.574. The van der Waals surface area contributed by atoms with E-state index in [2.05, 4.69) is 5.32 Å². The zero-order valence-corrected chi connectivity index (χ0v) is 15.7. The summed E-state index contributed by atoms with van der Waals surface area (Å²) in [5.41, 5.74) is 6.79. The Morgan fingerprint density at radius 1 is 1.19 bits per heavy atom. The van der Waals surface area contributed by atoms with Gasteiger partial charge in [-0.15, -0.1) is 0 Å². The number of methoxy groups -OCH3 is 1. The van der Waals surface area contributed by atoms with E-state index in [4.69, 9.17) is 38.4 Å². The molecule has 0 spiro atoms. The van der Waals surface area contributed by atoms with Gasteiger partial charge in [0, 0.05) is 11.1 Å². The lowest BCUT2D eigenvalue weighted by Gasteiger charge is -2.16. The summed E-state index contributed by atoms with van der Waals surface area (Å²) in [6.07, 6.45) is 0. The minimum atomic E-state index is -0.746. The molecule has 0 aromatic heterocycles. The third-order valence-electron chi connectivity index (χ3n) is 3.62. The third-order valence-corrected chi connectivity index (χ3v) is 4.29. The average molecular weight is 397 g/mol. The van der Waals surface area contributed by atoms with Crippen LogP contribution in [0, 0.1) is 0 Å². The maximum atomic E-state index is 12.2. The number of anilines is 1. The first-order valence-corrected chi connectivity index (χ1v) is 8.43. The molecule has 0 radical (unpaired) electrons. The Balaban J connectivity index is 1.98. The van der Waals surface area contributed by atoms with Crippen molar-refractivity contribution in [3.8, 4) is 5.75 Å². The van der Waals surface area contributed by atoms with E-state index in [1.54, 1.807) is 25.1 Å². The van der Waals surface area contributed by atoms with Crippen molar-refractivity contribution in [2.24, 2.45) is 0 Å². The molecule has 138 valence electrons. The van der Waals surface area contributed by atoms with E-state index in [0.717, 1.165) is 5.56 Å². The number of esters is 1. The van der Waals surface area contributed by atoms with Crippen LogP contribution < -0.4 is 15.8 Å². The van der Waals surface area contributed by atoms with Gasteiger partial charge in [0.25, 0.3) is 5.91 Å². The highest BCUT2D eigenvalue weighted by Crippen LogP contribution is 2.29. The van der Waals surface area contributed by atoms with E-state index in [0.29, 0.717) is 5.02 Å². The molecular formula is C18H18Cl2N2O4. The number of nitrogens with two attached hydrogens (primary N) is 1. The van der Waals surface area contributed by atoms with E-state index in [9.17, 15) is 9.59 Å². The first kappa shape index (κ1) is 19.9. The molecule has 0 aliphatic heterocycles. The predicted octanol–water partition coefficient (Wildman–Crippen LogP) is 3.62. The standard InChI is InChI=1S/C18H18Cl2N2O4/c1-10(11-5-3-4-6-13(11)19)22-17(23)9-26-18(24)12-7-14(20)15(21)8-16(12)25-2/h3-8,10H,9,21H2,1-2H3,(H,22,23)/t10-/m1/s1. The second kappa shape index (κ2) is 8.78. The van der Waals surface area contributed by atoms with Crippen LogP contribution in [0.1, 0.15) is 28.9 Å². The topological polar surface area (TPSA) is 90.7 Å². The van der Waals surface area contributed by atoms with Gasteiger partial charge in [-0.3, -0.25) is 4.79 Å². The molecule has 1 amide bonds. The molecule has 3 N–H and O–H groups in total. The minimum absolute atomic E-state index is 0.0821. The monoisotopic (exact) mass is 396 g/mol. The Morgan fingerprint density at radius 3 is 2.54 bits per heavy atom. The molecule has 2 rings (SSSR count). The summed E-state index contributed by atoms with van der Waals surface area (Å²) in [6.45, 7) is 1.32. The van der Waals surface area contributed by atoms with Crippen LogP contribution in [-0.4, -0.2) is 25.6 Å². The molecule has 8 heteroatoms. The van der Waals surface area contributed by atoms with Gasteiger partial charge in [-0.25, -0.2) is 4.79 Å². The number of nitrogen functional groups attached to an aromatic ring is 1. The Kier molecular flexibility index (Phi) is 6.71. The molecule has 0 unspecified atom stereocenters. The molecular weight excluding hydrogens is 379 g/mol. The fourth-order valence-electron chi connectivity index (χ4n) is 2.29. The number of ether oxygens (including phenoxy) is 2. The van der Waals surface area contributed by atoms with Gasteiger partial charge in [0.15, 0.2) is 6.61 Å². The van der Waals surface area contributed by atoms with Gasteiger partial charge in [-0.05, 0) is 24.6 Å². The van der Waals surface area contributed by atoms with Gasteiger partial charge in [0.1, 0.15) is 11.3 Å². The smallest absolute Gasteiger partial charge is 0.342 e.